The Balaban J connectivity index is 0.000000138. The van der Waals surface area contributed by atoms with E-state index in [1.165, 1.54) is 120 Å². The van der Waals surface area contributed by atoms with Gasteiger partial charge < -0.3 is 29.8 Å². The standard InChI is InChI=1S/C25H29N3OS.C20H21BrN2S.C4H9N.CH4/c1-26-18-9-10-19(26)16-20(15-18)28-21-6-2-3-7-23(21)30-24-14-17(8-11-22(24)28)25(29)27-12-4-5-13-27;1-22-14-7-8-15(22)12-16(11-14)23-17-4-2-3-5-19(17)24-20-10-13(21)6-9-18(20)23;1-2-4-5-3-1;/h2-3,6-8,11,14,18-20H,4-5,9-10,12-13,15-16H2,1H3;2-6,9-10,14-16H,7-8,11-12H2,1H3;5H,1-4H2;1H4. The first kappa shape index (κ1) is 42.3. The van der Waals surface area contributed by atoms with Crippen LogP contribution < -0.4 is 15.1 Å². The van der Waals surface area contributed by atoms with E-state index in [1.54, 1.807) is 0 Å². The van der Waals surface area contributed by atoms with Crippen LogP contribution >= 0.6 is 39.5 Å². The third-order valence-electron chi connectivity index (χ3n) is 14.6. The Hall–Kier alpha value is -2.99. The Kier molecular flexibility index (Phi) is 13.0. The Morgan fingerprint density at radius 2 is 1.02 bits per heavy atom. The lowest BCUT2D eigenvalue weighted by atomic mass is 9.95. The topological polar surface area (TPSA) is 45.3 Å². The van der Waals surface area contributed by atoms with Crippen LogP contribution in [0.2, 0.25) is 0 Å². The van der Waals surface area contributed by atoms with Gasteiger partial charge in [-0.2, -0.15) is 0 Å². The van der Waals surface area contributed by atoms with Crippen molar-refractivity contribution in [1.29, 1.82) is 0 Å². The van der Waals surface area contributed by atoms with Crippen LogP contribution in [0.4, 0.5) is 22.7 Å². The SMILES string of the molecule is C.C1CCNC1.CN1C2CCC1CC(N1c3ccccc3Sc3cc(Br)ccc31)C2.CN1C2CCC1CC(N1c3ccccc3Sc3cc(C(=O)N4CCCC4)ccc31)C2. The Morgan fingerprint density at radius 3 is 1.50 bits per heavy atom. The van der Waals surface area contributed by atoms with Gasteiger partial charge in [0.05, 0.1) is 22.7 Å². The number of amides is 1. The number of benzene rings is 4. The monoisotopic (exact) mass is 906 g/mol. The minimum Gasteiger partial charge on any atom is -0.339 e. The summed E-state index contributed by atoms with van der Waals surface area (Å²) in [5.41, 5.74) is 6.24. The van der Waals surface area contributed by atoms with Gasteiger partial charge >= 0.3 is 0 Å². The van der Waals surface area contributed by atoms with E-state index < -0.39 is 0 Å². The number of halogens is 1. The molecule has 4 aromatic carbocycles. The number of anilines is 4. The van der Waals surface area contributed by atoms with Gasteiger partial charge in [0.1, 0.15) is 0 Å². The summed E-state index contributed by atoms with van der Waals surface area (Å²) in [6.07, 6.45) is 15.4. The molecule has 4 atom stereocenters. The quantitative estimate of drug-likeness (QED) is 0.218. The van der Waals surface area contributed by atoms with Crippen LogP contribution in [0.5, 0.6) is 0 Å². The molecule has 4 bridgehead atoms. The van der Waals surface area contributed by atoms with E-state index in [0.29, 0.717) is 24.2 Å². The van der Waals surface area contributed by atoms with E-state index in [0.717, 1.165) is 48.1 Å². The molecule has 6 fully saturated rings. The van der Waals surface area contributed by atoms with E-state index in [4.69, 9.17) is 0 Å². The smallest absolute Gasteiger partial charge is 0.253 e. The summed E-state index contributed by atoms with van der Waals surface area (Å²) in [4.78, 5) is 30.8. The third-order valence-corrected chi connectivity index (χ3v) is 17.3. The summed E-state index contributed by atoms with van der Waals surface area (Å²) in [5.74, 6) is 0.193. The number of carbonyl (C=O) groups is 1. The van der Waals surface area contributed by atoms with E-state index in [2.05, 4.69) is 140 Å². The predicted molar refractivity (Wildman–Crippen MR) is 255 cm³/mol. The minimum absolute atomic E-state index is 0. The van der Waals surface area contributed by atoms with Crippen molar-refractivity contribution in [2.45, 2.75) is 140 Å². The van der Waals surface area contributed by atoms with Crippen molar-refractivity contribution in [3.8, 4) is 0 Å². The van der Waals surface area contributed by atoms with E-state index >= 15 is 0 Å². The summed E-state index contributed by atoms with van der Waals surface area (Å²) in [5, 5.41) is 3.22. The molecule has 60 heavy (non-hydrogen) atoms. The normalized spacial score (nSPS) is 27.4. The Bertz CT molecular complexity index is 2120. The van der Waals surface area contributed by atoms with Crippen molar-refractivity contribution in [2.24, 2.45) is 0 Å². The van der Waals surface area contributed by atoms with E-state index in [1.807, 2.05) is 28.4 Å². The maximum Gasteiger partial charge on any atom is 0.253 e. The van der Waals surface area contributed by atoms with Gasteiger partial charge in [-0.15, -0.1) is 0 Å². The van der Waals surface area contributed by atoms with Crippen LogP contribution in [0.1, 0.15) is 94.8 Å². The molecule has 0 saturated carbocycles. The summed E-state index contributed by atoms with van der Waals surface area (Å²) in [6, 6.07) is 34.9. The highest BCUT2D eigenvalue weighted by atomic mass is 79.9. The molecule has 8 aliphatic rings. The number of rotatable bonds is 3. The van der Waals surface area contributed by atoms with Crippen LogP contribution in [-0.2, 0) is 0 Å². The molecule has 7 nitrogen and oxygen atoms in total. The number of likely N-dealkylation sites (tertiary alicyclic amines) is 1. The second-order valence-corrected chi connectivity index (χ2v) is 21.1. The second-order valence-electron chi connectivity index (χ2n) is 18.0. The number of nitrogens with zero attached hydrogens (tertiary/aromatic N) is 5. The minimum atomic E-state index is 0. The average molecular weight is 908 g/mol. The fraction of sp³-hybridized carbons (Fsp3) is 0.500. The van der Waals surface area contributed by atoms with Crippen LogP contribution in [0.15, 0.2) is 109 Å². The predicted octanol–water partition coefficient (Wildman–Crippen LogP) is 11.8. The Morgan fingerprint density at radius 1 is 0.567 bits per heavy atom. The number of nitrogens with one attached hydrogen (secondary N) is 1. The average Bonchev–Trinajstić information content (AvgIpc) is 4.08. The van der Waals surface area contributed by atoms with Crippen LogP contribution in [-0.4, -0.2) is 97.1 Å². The summed E-state index contributed by atoms with van der Waals surface area (Å²) < 4.78 is 1.16. The maximum absolute atomic E-state index is 13.0. The molecule has 6 saturated heterocycles. The lowest BCUT2D eigenvalue weighted by molar-refractivity contribution is 0.0792. The molecule has 0 aliphatic carbocycles. The number of fused-ring (bicyclic) bond motifs is 8. The zero-order valence-corrected chi connectivity index (χ0v) is 37.9. The maximum atomic E-state index is 13.0. The number of para-hydroxylation sites is 2. The van der Waals surface area contributed by atoms with Crippen molar-refractivity contribution in [3.05, 3.63) is 95.0 Å². The lowest BCUT2D eigenvalue weighted by Gasteiger charge is -2.45. The van der Waals surface area contributed by atoms with Crippen molar-refractivity contribution >= 4 is 68.1 Å². The molecule has 4 aromatic rings. The first-order chi connectivity index (χ1) is 28.9. The van der Waals surface area contributed by atoms with Gasteiger partial charge in [0, 0.05) is 79.0 Å². The largest absolute Gasteiger partial charge is 0.339 e. The first-order valence-electron chi connectivity index (χ1n) is 22.4. The Labute approximate surface area is 376 Å². The molecule has 8 aliphatic heterocycles. The summed E-state index contributed by atoms with van der Waals surface area (Å²) in [6.45, 7) is 4.30. The zero-order valence-electron chi connectivity index (χ0n) is 34.7. The highest BCUT2D eigenvalue weighted by Crippen LogP contribution is 2.53. The number of carbonyl (C=O) groups excluding carboxylic acids is 1. The van der Waals surface area contributed by atoms with Gasteiger partial charge in [0.2, 0.25) is 0 Å². The van der Waals surface area contributed by atoms with Gasteiger partial charge in [-0.1, -0.05) is 71.1 Å². The van der Waals surface area contributed by atoms with Gasteiger partial charge in [-0.3, -0.25) is 4.79 Å². The van der Waals surface area contributed by atoms with Gasteiger partial charge in [-0.05, 0) is 165 Å². The third kappa shape index (κ3) is 8.30. The molecule has 8 heterocycles. The van der Waals surface area contributed by atoms with Crippen molar-refractivity contribution in [1.82, 2.24) is 20.0 Å². The highest BCUT2D eigenvalue weighted by Gasteiger charge is 2.44. The molecule has 1 N–H and O–H groups in total. The lowest BCUT2D eigenvalue weighted by Crippen LogP contribution is -2.48. The van der Waals surface area contributed by atoms with Gasteiger partial charge in [0.25, 0.3) is 5.91 Å². The fourth-order valence-electron chi connectivity index (χ4n) is 11.4. The van der Waals surface area contributed by atoms with Crippen LogP contribution in [0.25, 0.3) is 0 Å². The van der Waals surface area contributed by atoms with Gasteiger partial charge in [-0.25, -0.2) is 0 Å². The van der Waals surface area contributed by atoms with Gasteiger partial charge in [0.15, 0.2) is 0 Å². The molecular formula is C50H63BrN6OS2. The summed E-state index contributed by atoms with van der Waals surface area (Å²) >= 11 is 7.36. The molecule has 0 radical (unpaired) electrons. The summed E-state index contributed by atoms with van der Waals surface area (Å²) in [7, 11) is 4.63. The van der Waals surface area contributed by atoms with Crippen molar-refractivity contribution in [2.75, 3.05) is 50.1 Å². The molecule has 10 heteroatoms. The van der Waals surface area contributed by atoms with Crippen LogP contribution in [0, 0.1) is 0 Å². The van der Waals surface area contributed by atoms with E-state index in [9.17, 15) is 4.79 Å². The van der Waals surface area contributed by atoms with E-state index in [-0.39, 0.29) is 13.3 Å². The molecule has 318 valence electrons. The molecule has 4 unspecified atom stereocenters. The molecule has 12 rings (SSSR count). The van der Waals surface area contributed by atoms with Crippen LogP contribution in [0.3, 0.4) is 0 Å². The molecular weight excluding hydrogens is 845 g/mol. The molecule has 0 aromatic heterocycles. The zero-order chi connectivity index (χ0) is 40.0. The second kappa shape index (κ2) is 18.4. The van der Waals surface area contributed by atoms with Crippen molar-refractivity contribution in [3.63, 3.8) is 0 Å². The molecule has 0 spiro atoms. The number of hydrogen-bond donors (Lipinski definition) is 1. The highest BCUT2D eigenvalue weighted by molar-refractivity contribution is 9.10. The molecule has 1 amide bonds. The fourth-order valence-corrected chi connectivity index (χ4v) is 14.1. The van der Waals surface area contributed by atoms with Crippen molar-refractivity contribution < 1.29 is 4.79 Å². The number of hydrogen-bond acceptors (Lipinski definition) is 8. The number of piperidine rings is 2. The first-order valence-corrected chi connectivity index (χ1v) is 24.8.